The molecule has 0 aliphatic carbocycles. The first-order chi connectivity index (χ1) is 9.97. The zero-order valence-corrected chi connectivity index (χ0v) is 12.5. The van der Waals surface area contributed by atoms with Crippen molar-refractivity contribution >= 4 is 34.8 Å². The van der Waals surface area contributed by atoms with Gasteiger partial charge in [0.1, 0.15) is 0 Å². The van der Waals surface area contributed by atoms with Gasteiger partial charge in [-0.05, 0) is 24.3 Å². The van der Waals surface area contributed by atoms with Gasteiger partial charge in [-0.1, -0.05) is 29.8 Å². The van der Waals surface area contributed by atoms with Crippen LogP contribution in [0.3, 0.4) is 0 Å². The number of carbonyl (C=O) groups is 2. The minimum absolute atomic E-state index is 0.162. The van der Waals surface area contributed by atoms with Gasteiger partial charge >= 0.3 is 0 Å². The molecule has 0 aliphatic heterocycles. The van der Waals surface area contributed by atoms with E-state index in [2.05, 4.69) is 10.6 Å². The van der Waals surface area contributed by atoms with E-state index in [1.54, 1.807) is 24.3 Å². The summed E-state index contributed by atoms with van der Waals surface area (Å²) in [7, 11) is 0. The van der Waals surface area contributed by atoms with E-state index in [0.29, 0.717) is 16.4 Å². The van der Waals surface area contributed by atoms with E-state index in [0.717, 1.165) is 11.1 Å². The summed E-state index contributed by atoms with van der Waals surface area (Å²) in [5.41, 5.74) is 2.85. The first-order valence-corrected chi connectivity index (χ1v) is 6.79. The average molecular weight is 303 g/mol. The summed E-state index contributed by atoms with van der Waals surface area (Å²) in [4.78, 5) is 22.6. The number of amides is 2. The van der Waals surface area contributed by atoms with E-state index in [1.165, 1.54) is 13.8 Å². The quantitative estimate of drug-likeness (QED) is 0.902. The predicted octanol–water partition coefficient (Wildman–Crippen LogP) is 3.92. The van der Waals surface area contributed by atoms with Crippen LogP contribution in [-0.2, 0) is 9.59 Å². The maximum Gasteiger partial charge on any atom is 0.221 e. The molecular weight excluding hydrogens is 288 g/mol. The molecule has 0 fully saturated rings. The van der Waals surface area contributed by atoms with Crippen LogP contribution >= 0.6 is 11.6 Å². The Kier molecular flexibility index (Phi) is 4.60. The Hall–Kier alpha value is -2.33. The first kappa shape index (κ1) is 15.1. The highest BCUT2D eigenvalue weighted by Gasteiger charge is 2.12. The lowest BCUT2D eigenvalue weighted by molar-refractivity contribution is -0.115. The van der Waals surface area contributed by atoms with E-state index >= 15 is 0 Å². The van der Waals surface area contributed by atoms with E-state index in [1.807, 2.05) is 18.2 Å². The van der Waals surface area contributed by atoms with E-state index in [-0.39, 0.29) is 11.8 Å². The molecule has 4 nitrogen and oxygen atoms in total. The van der Waals surface area contributed by atoms with Crippen LogP contribution < -0.4 is 10.6 Å². The van der Waals surface area contributed by atoms with Crippen molar-refractivity contribution in [3.63, 3.8) is 0 Å². The van der Waals surface area contributed by atoms with Crippen molar-refractivity contribution in [2.24, 2.45) is 0 Å². The number of hydrogen-bond donors (Lipinski definition) is 2. The number of nitrogens with one attached hydrogen (secondary N) is 2. The highest BCUT2D eigenvalue weighted by Crippen LogP contribution is 2.35. The van der Waals surface area contributed by atoms with Crippen LogP contribution in [0.5, 0.6) is 0 Å². The fourth-order valence-corrected chi connectivity index (χ4v) is 2.23. The van der Waals surface area contributed by atoms with Crippen LogP contribution in [0.15, 0.2) is 42.5 Å². The summed E-state index contributed by atoms with van der Waals surface area (Å²) in [5, 5.41) is 6.10. The van der Waals surface area contributed by atoms with Crippen LogP contribution in [-0.4, -0.2) is 11.8 Å². The molecular formula is C16H15ClN2O2. The van der Waals surface area contributed by atoms with Gasteiger partial charge in [-0.25, -0.2) is 0 Å². The zero-order chi connectivity index (χ0) is 15.4. The molecule has 0 saturated carbocycles. The van der Waals surface area contributed by atoms with Gasteiger partial charge in [-0.2, -0.15) is 0 Å². The van der Waals surface area contributed by atoms with Crippen molar-refractivity contribution in [1.29, 1.82) is 0 Å². The summed E-state index contributed by atoms with van der Waals surface area (Å²) in [6, 6.07) is 12.6. The van der Waals surface area contributed by atoms with Gasteiger partial charge in [0.15, 0.2) is 0 Å². The molecule has 2 aromatic rings. The van der Waals surface area contributed by atoms with Crippen LogP contribution in [0.4, 0.5) is 11.4 Å². The molecule has 0 atom stereocenters. The highest BCUT2D eigenvalue weighted by atomic mass is 35.5. The summed E-state index contributed by atoms with van der Waals surface area (Å²) in [6.45, 7) is 2.89. The molecule has 2 rings (SSSR count). The number of hydrogen-bond acceptors (Lipinski definition) is 2. The zero-order valence-electron chi connectivity index (χ0n) is 11.7. The fourth-order valence-electron chi connectivity index (χ4n) is 2.05. The molecule has 2 amide bonds. The Morgan fingerprint density at radius 2 is 1.43 bits per heavy atom. The lowest BCUT2D eigenvalue weighted by Crippen LogP contribution is -2.09. The maximum absolute atomic E-state index is 11.3. The van der Waals surface area contributed by atoms with Gasteiger partial charge in [0.05, 0.1) is 0 Å². The minimum Gasteiger partial charge on any atom is -0.326 e. The molecule has 108 valence electrons. The summed E-state index contributed by atoms with van der Waals surface area (Å²) >= 11 is 6.06. The molecule has 0 heterocycles. The molecule has 0 saturated heterocycles. The third-order valence-electron chi connectivity index (χ3n) is 2.82. The van der Waals surface area contributed by atoms with Gasteiger partial charge < -0.3 is 10.6 Å². The van der Waals surface area contributed by atoms with Crippen molar-refractivity contribution in [3.8, 4) is 11.1 Å². The first-order valence-electron chi connectivity index (χ1n) is 6.41. The number of anilines is 2. The lowest BCUT2D eigenvalue weighted by atomic mass is 10.0. The van der Waals surface area contributed by atoms with Crippen LogP contribution in [0.2, 0.25) is 5.02 Å². The Morgan fingerprint density at radius 1 is 0.857 bits per heavy atom. The number of rotatable bonds is 3. The van der Waals surface area contributed by atoms with Gasteiger partial charge in [-0.15, -0.1) is 0 Å². The van der Waals surface area contributed by atoms with Crippen molar-refractivity contribution in [3.05, 3.63) is 47.5 Å². The normalized spacial score (nSPS) is 10.0. The third-order valence-corrected chi connectivity index (χ3v) is 3.06. The molecule has 0 spiro atoms. The van der Waals surface area contributed by atoms with E-state index in [4.69, 9.17) is 11.6 Å². The van der Waals surface area contributed by atoms with Crippen molar-refractivity contribution in [2.45, 2.75) is 13.8 Å². The van der Waals surface area contributed by atoms with Crippen molar-refractivity contribution in [1.82, 2.24) is 0 Å². The largest absolute Gasteiger partial charge is 0.326 e. The monoisotopic (exact) mass is 302 g/mol. The number of carbonyl (C=O) groups excluding carboxylic acids is 2. The Balaban J connectivity index is 2.57. The smallest absolute Gasteiger partial charge is 0.221 e. The van der Waals surface area contributed by atoms with Gasteiger partial charge in [0.2, 0.25) is 11.8 Å². The average Bonchev–Trinajstić information content (AvgIpc) is 2.40. The van der Waals surface area contributed by atoms with Crippen molar-refractivity contribution < 1.29 is 9.59 Å². The van der Waals surface area contributed by atoms with Crippen LogP contribution in [0, 0.1) is 0 Å². The Bertz CT molecular complexity index is 698. The topological polar surface area (TPSA) is 58.2 Å². The number of halogens is 1. The second kappa shape index (κ2) is 6.41. The molecule has 2 aromatic carbocycles. The third kappa shape index (κ3) is 3.83. The van der Waals surface area contributed by atoms with Gasteiger partial charge in [0, 0.05) is 41.4 Å². The predicted molar refractivity (Wildman–Crippen MR) is 85.5 cm³/mol. The fraction of sp³-hybridized carbons (Fsp3) is 0.125. The number of benzene rings is 2. The second-order valence-corrected chi connectivity index (χ2v) is 5.03. The standard InChI is InChI=1S/C16H15ClN2O2/c1-10(20)18-15-6-4-3-5-13(15)14-9-12(17)7-8-16(14)19-11(2)21/h3-9H,1-2H3,(H,18,20)(H,19,21). The van der Waals surface area contributed by atoms with Crippen LogP contribution in [0.25, 0.3) is 11.1 Å². The molecule has 0 radical (unpaired) electrons. The molecule has 0 aliphatic rings. The molecule has 2 N–H and O–H groups in total. The summed E-state index contributed by atoms with van der Waals surface area (Å²) in [5.74, 6) is -0.332. The van der Waals surface area contributed by atoms with Crippen molar-refractivity contribution in [2.75, 3.05) is 10.6 Å². The Labute approximate surface area is 128 Å². The van der Waals surface area contributed by atoms with Gasteiger partial charge in [-0.3, -0.25) is 9.59 Å². The molecule has 21 heavy (non-hydrogen) atoms. The van der Waals surface area contributed by atoms with E-state index in [9.17, 15) is 9.59 Å². The summed E-state index contributed by atoms with van der Waals surface area (Å²) in [6.07, 6.45) is 0. The molecule has 0 bridgehead atoms. The second-order valence-electron chi connectivity index (χ2n) is 4.60. The molecule has 5 heteroatoms. The maximum atomic E-state index is 11.3. The lowest BCUT2D eigenvalue weighted by Gasteiger charge is -2.14. The SMILES string of the molecule is CC(=O)Nc1ccccc1-c1cc(Cl)ccc1NC(C)=O. The number of para-hydroxylation sites is 1. The summed E-state index contributed by atoms with van der Waals surface area (Å²) < 4.78 is 0. The molecule has 0 aromatic heterocycles. The van der Waals surface area contributed by atoms with Gasteiger partial charge in [0.25, 0.3) is 0 Å². The van der Waals surface area contributed by atoms with Crippen LogP contribution in [0.1, 0.15) is 13.8 Å². The Morgan fingerprint density at radius 3 is 2.05 bits per heavy atom. The van der Waals surface area contributed by atoms with E-state index < -0.39 is 0 Å². The minimum atomic E-state index is -0.171. The highest BCUT2D eigenvalue weighted by molar-refractivity contribution is 6.31. The molecule has 0 unspecified atom stereocenters.